The second kappa shape index (κ2) is 5.31. The molecule has 3 aromatic rings. The molecule has 0 atom stereocenters. The van der Waals surface area contributed by atoms with Gasteiger partial charge in [-0.15, -0.1) is 0 Å². The van der Waals surface area contributed by atoms with E-state index in [1.165, 1.54) is 12.1 Å². The zero-order valence-corrected chi connectivity index (χ0v) is 11.7. The Morgan fingerprint density at radius 3 is 2.75 bits per heavy atom. The summed E-state index contributed by atoms with van der Waals surface area (Å²) in [5.41, 5.74) is 0.0251. The smallest absolute Gasteiger partial charge is 0.350 e. The molecule has 0 aliphatic carbocycles. The van der Waals surface area contributed by atoms with E-state index in [4.69, 9.17) is 16.0 Å². The van der Waals surface area contributed by atoms with Crippen LogP contribution >= 0.6 is 23.4 Å². The Hall–Kier alpha value is -1.78. The molecule has 0 saturated carbocycles. The van der Waals surface area contributed by atoms with Crippen molar-refractivity contribution in [2.24, 2.45) is 0 Å². The molecule has 0 aliphatic heterocycles. The summed E-state index contributed by atoms with van der Waals surface area (Å²) in [6, 6.07) is 12.8. The average Bonchev–Trinajstić information content (AvgIpc) is 2.40. The third-order valence-electron chi connectivity index (χ3n) is 2.69. The highest BCUT2D eigenvalue weighted by molar-refractivity contribution is 7.99. The summed E-state index contributed by atoms with van der Waals surface area (Å²) in [5, 5.41) is 1.30. The molecule has 1 aromatic heterocycles. The van der Waals surface area contributed by atoms with Crippen LogP contribution in [0.15, 0.2) is 67.5 Å². The largest absolute Gasteiger partial charge is 0.422 e. The Morgan fingerprint density at radius 2 is 1.95 bits per heavy atom. The molecule has 3 rings (SSSR count). The van der Waals surface area contributed by atoms with Gasteiger partial charge < -0.3 is 4.42 Å². The summed E-state index contributed by atoms with van der Waals surface area (Å²) < 4.78 is 18.4. The molecule has 0 fully saturated rings. The molecular weight excluding hydrogens is 299 g/mol. The van der Waals surface area contributed by atoms with E-state index in [-0.39, 0.29) is 5.82 Å². The minimum Gasteiger partial charge on any atom is -0.422 e. The molecule has 0 unspecified atom stereocenters. The van der Waals surface area contributed by atoms with E-state index in [1.54, 1.807) is 36.4 Å². The number of rotatable bonds is 2. The highest BCUT2D eigenvalue weighted by atomic mass is 35.5. The first-order valence-corrected chi connectivity index (χ1v) is 6.98. The maximum absolute atomic E-state index is 13.1. The summed E-state index contributed by atoms with van der Waals surface area (Å²) >= 11 is 7.08. The number of hydrogen-bond acceptors (Lipinski definition) is 3. The molecular formula is C15H8ClFO2S. The predicted molar refractivity (Wildman–Crippen MR) is 78.0 cm³/mol. The molecule has 0 saturated heterocycles. The van der Waals surface area contributed by atoms with Crippen molar-refractivity contribution in [1.82, 2.24) is 0 Å². The summed E-state index contributed by atoms with van der Waals surface area (Å²) in [4.78, 5) is 12.9. The van der Waals surface area contributed by atoms with E-state index >= 15 is 0 Å². The summed E-state index contributed by atoms with van der Waals surface area (Å²) in [6.45, 7) is 0. The Morgan fingerprint density at radius 1 is 1.10 bits per heavy atom. The van der Waals surface area contributed by atoms with Gasteiger partial charge in [-0.3, -0.25) is 0 Å². The average molecular weight is 307 g/mol. The number of benzene rings is 2. The molecule has 2 aromatic carbocycles. The lowest BCUT2D eigenvalue weighted by Crippen LogP contribution is -2.01. The normalized spacial score (nSPS) is 10.9. The lowest BCUT2D eigenvalue weighted by atomic mass is 10.2. The molecule has 2 nitrogen and oxygen atoms in total. The van der Waals surface area contributed by atoms with Crippen LogP contribution in [-0.4, -0.2) is 0 Å². The maximum Gasteiger partial charge on any atom is 0.350 e. The van der Waals surface area contributed by atoms with Crippen LogP contribution in [0.4, 0.5) is 4.39 Å². The van der Waals surface area contributed by atoms with Crippen molar-refractivity contribution in [3.63, 3.8) is 0 Å². The van der Waals surface area contributed by atoms with Gasteiger partial charge in [0.05, 0.1) is 4.90 Å². The van der Waals surface area contributed by atoms with Crippen LogP contribution in [0.25, 0.3) is 11.0 Å². The van der Waals surface area contributed by atoms with Gasteiger partial charge in [0.25, 0.3) is 0 Å². The van der Waals surface area contributed by atoms with Crippen LogP contribution in [0.3, 0.4) is 0 Å². The molecule has 1 heterocycles. The lowest BCUT2D eigenvalue weighted by molar-refractivity contribution is 0.544. The minimum absolute atomic E-state index is 0.344. The molecule has 0 amide bonds. The van der Waals surface area contributed by atoms with E-state index in [0.717, 1.165) is 17.1 Å². The predicted octanol–water partition coefficient (Wildman–Crippen LogP) is 4.74. The lowest BCUT2D eigenvalue weighted by Gasteiger charge is -2.03. The topological polar surface area (TPSA) is 30.2 Å². The van der Waals surface area contributed by atoms with E-state index in [0.29, 0.717) is 20.4 Å². The Balaban J connectivity index is 2.07. The monoisotopic (exact) mass is 306 g/mol. The van der Waals surface area contributed by atoms with Crippen LogP contribution < -0.4 is 5.63 Å². The van der Waals surface area contributed by atoms with Crippen LogP contribution in [0.2, 0.25) is 5.02 Å². The third-order valence-corrected chi connectivity index (χ3v) is 3.92. The highest BCUT2D eigenvalue weighted by Gasteiger charge is 2.08. The van der Waals surface area contributed by atoms with E-state index in [9.17, 15) is 9.18 Å². The molecule has 20 heavy (non-hydrogen) atoms. The van der Waals surface area contributed by atoms with Crippen molar-refractivity contribution in [1.29, 1.82) is 0 Å². The highest BCUT2D eigenvalue weighted by Crippen LogP contribution is 2.28. The van der Waals surface area contributed by atoms with Crippen LogP contribution in [0.5, 0.6) is 0 Å². The van der Waals surface area contributed by atoms with Gasteiger partial charge in [0.15, 0.2) is 0 Å². The van der Waals surface area contributed by atoms with Crippen LogP contribution in [0, 0.1) is 5.82 Å². The first-order valence-electron chi connectivity index (χ1n) is 5.79. The van der Waals surface area contributed by atoms with Crippen molar-refractivity contribution < 1.29 is 8.81 Å². The summed E-state index contributed by atoms with van der Waals surface area (Å²) in [6.07, 6.45) is 0. The van der Waals surface area contributed by atoms with E-state index in [1.807, 2.05) is 0 Å². The molecule has 100 valence electrons. The first kappa shape index (κ1) is 13.2. The fourth-order valence-corrected chi connectivity index (χ4v) is 2.87. The van der Waals surface area contributed by atoms with Gasteiger partial charge in [-0.25, -0.2) is 9.18 Å². The fraction of sp³-hybridized carbons (Fsp3) is 0. The molecule has 5 heteroatoms. The first-order chi connectivity index (χ1) is 9.61. The summed E-state index contributed by atoms with van der Waals surface area (Å²) in [7, 11) is 0. The van der Waals surface area contributed by atoms with Gasteiger partial charge in [-0.2, -0.15) is 0 Å². The van der Waals surface area contributed by atoms with E-state index in [2.05, 4.69) is 0 Å². The van der Waals surface area contributed by atoms with Crippen molar-refractivity contribution in [2.45, 2.75) is 9.79 Å². The molecule has 0 N–H and O–H groups in total. The van der Waals surface area contributed by atoms with Gasteiger partial charge in [0.2, 0.25) is 0 Å². The second-order valence-corrected chi connectivity index (χ2v) is 5.69. The minimum atomic E-state index is -0.450. The van der Waals surface area contributed by atoms with Gasteiger partial charge in [-0.1, -0.05) is 29.4 Å². The third kappa shape index (κ3) is 2.71. The van der Waals surface area contributed by atoms with Gasteiger partial charge in [0, 0.05) is 15.3 Å². The number of hydrogen-bond donors (Lipinski definition) is 0. The Kier molecular flexibility index (Phi) is 3.51. The quantitative estimate of drug-likeness (QED) is 0.641. The van der Waals surface area contributed by atoms with Crippen molar-refractivity contribution >= 4 is 34.3 Å². The number of halogens is 2. The zero-order chi connectivity index (χ0) is 14.1. The number of fused-ring (bicyclic) bond motifs is 1. The summed E-state index contributed by atoms with van der Waals surface area (Å²) in [5.74, 6) is -0.344. The molecule has 0 radical (unpaired) electrons. The fourth-order valence-electron chi connectivity index (χ4n) is 1.80. The zero-order valence-electron chi connectivity index (χ0n) is 10.1. The molecule has 0 aliphatic rings. The standard InChI is InChI=1S/C15H8ClFO2S/c16-10-4-5-13-9(6-10)7-14(15(18)19-13)20-12-3-1-2-11(17)8-12/h1-8H. The SMILES string of the molecule is O=c1oc2ccc(Cl)cc2cc1Sc1cccc(F)c1. The Bertz CT molecular complexity index is 845. The van der Waals surface area contributed by atoms with Crippen molar-refractivity contribution in [3.05, 3.63) is 69.8 Å². The maximum atomic E-state index is 13.1. The van der Waals surface area contributed by atoms with Gasteiger partial charge in [0.1, 0.15) is 11.4 Å². The second-order valence-electron chi connectivity index (χ2n) is 4.14. The van der Waals surface area contributed by atoms with Gasteiger partial charge >= 0.3 is 5.63 Å². The van der Waals surface area contributed by atoms with Crippen molar-refractivity contribution in [3.8, 4) is 0 Å². The Labute approximate surface area is 123 Å². The molecule has 0 bridgehead atoms. The van der Waals surface area contributed by atoms with E-state index < -0.39 is 5.63 Å². The van der Waals surface area contributed by atoms with Crippen molar-refractivity contribution in [2.75, 3.05) is 0 Å². The van der Waals surface area contributed by atoms with Gasteiger partial charge in [-0.05, 0) is 42.5 Å². The molecule has 0 spiro atoms. The van der Waals surface area contributed by atoms with Crippen LogP contribution in [-0.2, 0) is 0 Å². The van der Waals surface area contributed by atoms with Crippen LogP contribution in [0.1, 0.15) is 0 Å².